The molecule has 4 nitrogen and oxygen atoms in total. The molecule has 0 atom stereocenters. The van der Waals surface area contributed by atoms with Gasteiger partial charge in [-0.2, -0.15) is 5.10 Å². The maximum absolute atomic E-state index is 4.34. The van der Waals surface area contributed by atoms with Crippen LogP contribution in [0.1, 0.15) is 17.7 Å². The van der Waals surface area contributed by atoms with Crippen molar-refractivity contribution < 1.29 is 0 Å². The minimum Gasteiger partial charge on any atom is -0.298 e. The van der Waals surface area contributed by atoms with Crippen molar-refractivity contribution in [2.24, 2.45) is 5.92 Å². The number of thiazole rings is 1. The van der Waals surface area contributed by atoms with E-state index >= 15 is 0 Å². The summed E-state index contributed by atoms with van der Waals surface area (Å²) in [4.78, 5) is 8.04. The van der Waals surface area contributed by atoms with Gasteiger partial charge in [0.05, 0.1) is 16.2 Å². The molecule has 1 fully saturated rings. The molecule has 3 heterocycles. The van der Waals surface area contributed by atoms with Crippen molar-refractivity contribution in [3.8, 4) is 0 Å². The number of rotatable bonds is 4. The normalized spacial score (nSPS) is 17.9. The second-order valence-electron chi connectivity index (χ2n) is 5.07. The Morgan fingerprint density at radius 1 is 1.32 bits per heavy atom. The minimum atomic E-state index is 0.754. The summed E-state index contributed by atoms with van der Waals surface area (Å²) in [6.07, 6.45) is 8.42. The summed E-state index contributed by atoms with van der Waals surface area (Å²) in [5.74, 6) is 0.754. The van der Waals surface area contributed by atoms with E-state index < -0.39 is 0 Å². The molecule has 2 aromatic heterocycles. The number of hydrogen-bond donors (Lipinski definition) is 0. The number of hydrogen-bond acceptors (Lipinski definition) is 4. The van der Waals surface area contributed by atoms with Crippen molar-refractivity contribution in [3.63, 3.8) is 0 Å². The summed E-state index contributed by atoms with van der Waals surface area (Å²) < 4.78 is 3.11. The molecule has 0 unspecified atom stereocenters. The number of piperidine rings is 1. The topological polar surface area (TPSA) is 34.0 Å². The van der Waals surface area contributed by atoms with Crippen LogP contribution < -0.4 is 0 Å². The SMILES string of the molecule is Brc1cnn(CC2CCN(Cc3cncs3)CC2)c1. The van der Waals surface area contributed by atoms with Crippen LogP contribution >= 0.6 is 27.3 Å². The van der Waals surface area contributed by atoms with Crippen LogP contribution in [0.15, 0.2) is 28.6 Å². The number of aromatic nitrogens is 3. The zero-order valence-electron chi connectivity index (χ0n) is 10.7. The highest BCUT2D eigenvalue weighted by molar-refractivity contribution is 9.10. The van der Waals surface area contributed by atoms with Gasteiger partial charge in [-0.1, -0.05) is 0 Å². The molecule has 0 spiro atoms. The summed E-state index contributed by atoms with van der Waals surface area (Å²) >= 11 is 5.19. The first kappa shape index (κ1) is 13.3. The van der Waals surface area contributed by atoms with Gasteiger partial charge in [0.1, 0.15) is 0 Å². The standard InChI is InChI=1S/C13H17BrN4S/c14-12-5-16-18(8-12)7-11-1-3-17(4-2-11)9-13-6-15-10-19-13/h5-6,8,10-11H,1-4,7,9H2. The van der Waals surface area contributed by atoms with Gasteiger partial charge in [-0.05, 0) is 47.8 Å². The largest absolute Gasteiger partial charge is 0.298 e. The summed E-state index contributed by atoms with van der Waals surface area (Å²) in [6.45, 7) is 4.47. The molecule has 19 heavy (non-hydrogen) atoms. The van der Waals surface area contributed by atoms with Gasteiger partial charge >= 0.3 is 0 Å². The number of likely N-dealkylation sites (tertiary alicyclic amines) is 1. The Bertz CT molecular complexity index is 502. The molecule has 102 valence electrons. The summed E-state index contributed by atoms with van der Waals surface area (Å²) in [6, 6.07) is 0. The third kappa shape index (κ3) is 3.64. The van der Waals surface area contributed by atoms with Crippen LogP contribution in [-0.2, 0) is 13.1 Å². The second-order valence-corrected chi connectivity index (χ2v) is 6.95. The van der Waals surface area contributed by atoms with E-state index in [1.165, 1.54) is 30.8 Å². The van der Waals surface area contributed by atoms with Gasteiger partial charge in [-0.15, -0.1) is 11.3 Å². The average Bonchev–Trinajstić information content (AvgIpc) is 3.04. The lowest BCUT2D eigenvalue weighted by Gasteiger charge is -2.31. The molecular formula is C13H17BrN4S. The molecule has 0 amide bonds. The van der Waals surface area contributed by atoms with E-state index in [1.54, 1.807) is 11.3 Å². The Kier molecular flexibility index (Phi) is 4.30. The van der Waals surface area contributed by atoms with E-state index in [2.05, 4.69) is 37.1 Å². The molecule has 0 N–H and O–H groups in total. The fourth-order valence-corrected chi connectivity index (χ4v) is 3.53. The highest BCUT2D eigenvalue weighted by atomic mass is 79.9. The first-order valence-corrected chi connectivity index (χ1v) is 8.24. The first-order chi connectivity index (χ1) is 9.29. The Balaban J connectivity index is 1.46. The minimum absolute atomic E-state index is 0.754. The van der Waals surface area contributed by atoms with Crippen molar-refractivity contribution >= 4 is 27.3 Å². The predicted octanol–water partition coefficient (Wildman–Crippen LogP) is 3.01. The highest BCUT2D eigenvalue weighted by Crippen LogP contribution is 2.21. The smallest absolute Gasteiger partial charge is 0.0794 e. The molecule has 0 aromatic carbocycles. The van der Waals surface area contributed by atoms with E-state index in [0.717, 1.165) is 23.5 Å². The highest BCUT2D eigenvalue weighted by Gasteiger charge is 2.20. The molecular weight excluding hydrogens is 324 g/mol. The van der Waals surface area contributed by atoms with Crippen molar-refractivity contribution in [2.75, 3.05) is 13.1 Å². The van der Waals surface area contributed by atoms with Crippen LogP contribution in [0.5, 0.6) is 0 Å². The van der Waals surface area contributed by atoms with Crippen molar-refractivity contribution in [1.82, 2.24) is 19.7 Å². The molecule has 1 aliphatic rings. The van der Waals surface area contributed by atoms with Crippen LogP contribution in [-0.4, -0.2) is 32.8 Å². The van der Waals surface area contributed by atoms with Gasteiger partial charge in [0, 0.05) is 30.4 Å². The summed E-state index contributed by atoms with van der Waals surface area (Å²) in [7, 11) is 0. The lowest BCUT2D eigenvalue weighted by atomic mass is 9.97. The van der Waals surface area contributed by atoms with Gasteiger partial charge in [0.2, 0.25) is 0 Å². The number of halogens is 1. The monoisotopic (exact) mass is 340 g/mol. The molecule has 0 bridgehead atoms. The summed E-state index contributed by atoms with van der Waals surface area (Å²) in [5, 5.41) is 4.34. The van der Waals surface area contributed by atoms with Gasteiger partial charge < -0.3 is 0 Å². The third-order valence-corrected chi connectivity index (χ3v) is 4.79. The maximum Gasteiger partial charge on any atom is 0.0794 e. The second kappa shape index (κ2) is 6.15. The van der Waals surface area contributed by atoms with Gasteiger partial charge in [0.15, 0.2) is 0 Å². The lowest BCUT2D eigenvalue weighted by molar-refractivity contribution is 0.165. The zero-order valence-corrected chi connectivity index (χ0v) is 13.1. The molecule has 0 aliphatic carbocycles. The average molecular weight is 341 g/mol. The molecule has 6 heteroatoms. The molecule has 0 saturated carbocycles. The van der Waals surface area contributed by atoms with Crippen molar-refractivity contribution in [3.05, 3.63) is 33.5 Å². The maximum atomic E-state index is 4.34. The Labute approximate surface area is 125 Å². The van der Waals surface area contributed by atoms with Gasteiger partial charge in [-0.25, -0.2) is 0 Å². The molecule has 3 rings (SSSR count). The van der Waals surface area contributed by atoms with E-state index in [1.807, 2.05) is 22.6 Å². The predicted molar refractivity (Wildman–Crippen MR) is 80.0 cm³/mol. The Morgan fingerprint density at radius 2 is 2.16 bits per heavy atom. The fourth-order valence-electron chi connectivity index (χ4n) is 2.57. The van der Waals surface area contributed by atoms with E-state index in [9.17, 15) is 0 Å². The quantitative estimate of drug-likeness (QED) is 0.857. The molecule has 1 saturated heterocycles. The van der Waals surface area contributed by atoms with Crippen LogP contribution in [0, 0.1) is 5.92 Å². The van der Waals surface area contributed by atoms with Gasteiger partial charge in [0.25, 0.3) is 0 Å². The Morgan fingerprint density at radius 3 is 2.79 bits per heavy atom. The van der Waals surface area contributed by atoms with Crippen molar-refractivity contribution in [2.45, 2.75) is 25.9 Å². The first-order valence-electron chi connectivity index (χ1n) is 6.57. The van der Waals surface area contributed by atoms with Crippen molar-refractivity contribution in [1.29, 1.82) is 0 Å². The van der Waals surface area contributed by atoms with E-state index in [0.29, 0.717) is 0 Å². The number of nitrogens with zero attached hydrogens (tertiary/aromatic N) is 4. The van der Waals surface area contributed by atoms with Crippen LogP contribution in [0.2, 0.25) is 0 Å². The van der Waals surface area contributed by atoms with E-state index in [-0.39, 0.29) is 0 Å². The molecule has 2 aromatic rings. The summed E-state index contributed by atoms with van der Waals surface area (Å²) in [5.41, 5.74) is 1.91. The van der Waals surface area contributed by atoms with Crippen LogP contribution in [0.25, 0.3) is 0 Å². The zero-order chi connectivity index (χ0) is 13.1. The lowest BCUT2D eigenvalue weighted by Crippen LogP contribution is -2.34. The van der Waals surface area contributed by atoms with Gasteiger partial charge in [-0.3, -0.25) is 14.6 Å². The third-order valence-electron chi connectivity index (χ3n) is 3.62. The van der Waals surface area contributed by atoms with Crippen LogP contribution in [0.4, 0.5) is 0 Å². The molecule has 0 radical (unpaired) electrons. The Hall–Kier alpha value is -0.720. The fraction of sp³-hybridized carbons (Fsp3) is 0.538. The molecule has 1 aliphatic heterocycles. The van der Waals surface area contributed by atoms with E-state index in [4.69, 9.17) is 0 Å². The van der Waals surface area contributed by atoms with Crippen LogP contribution in [0.3, 0.4) is 0 Å².